The molecule has 0 aliphatic carbocycles. The number of carboxylic acids is 1. The van der Waals surface area contributed by atoms with Crippen LogP contribution in [0.15, 0.2) is 0 Å². The summed E-state index contributed by atoms with van der Waals surface area (Å²) in [7, 11) is 1.52. The van der Waals surface area contributed by atoms with Crippen LogP contribution in [-0.2, 0) is 9.53 Å². The molecule has 2 atom stereocenters. The van der Waals surface area contributed by atoms with Crippen LogP contribution in [0.3, 0.4) is 0 Å². The molecule has 1 aromatic rings. The quantitative estimate of drug-likeness (QED) is 0.890. The minimum atomic E-state index is -1.01. The fourth-order valence-corrected chi connectivity index (χ4v) is 3.06. The Morgan fingerprint density at radius 3 is 2.75 bits per heavy atom. The van der Waals surface area contributed by atoms with Gasteiger partial charge in [0.05, 0.1) is 11.8 Å². The lowest BCUT2D eigenvalue weighted by atomic mass is 10.1. The molecule has 7 nitrogen and oxygen atoms in total. The van der Waals surface area contributed by atoms with E-state index in [0.29, 0.717) is 17.0 Å². The molecule has 0 saturated carbocycles. The van der Waals surface area contributed by atoms with Gasteiger partial charge < -0.3 is 14.7 Å². The second-order valence-electron chi connectivity index (χ2n) is 5.05. The molecule has 1 fully saturated rings. The van der Waals surface area contributed by atoms with Crippen molar-refractivity contribution in [1.29, 1.82) is 0 Å². The average Bonchev–Trinajstić information content (AvgIpc) is 3.04. The first kappa shape index (κ1) is 14.9. The van der Waals surface area contributed by atoms with Crippen LogP contribution in [-0.4, -0.2) is 57.3 Å². The number of aliphatic carboxylic acids is 1. The fraction of sp³-hybridized carbons (Fsp3) is 0.667. The Bertz CT molecular complexity index is 517. The summed E-state index contributed by atoms with van der Waals surface area (Å²) in [6.45, 7) is 4.12. The lowest BCUT2D eigenvalue weighted by molar-refractivity contribution is -0.141. The molecule has 0 bridgehead atoms. The molecule has 0 aromatic carbocycles. The number of aromatic nitrogens is 2. The number of rotatable bonds is 4. The molecule has 1 aliphatic heterocycles. The van der Waals surface area contributed by atoms with Crippen LogP contribution in [0.2, 0.25) is 0 Å². The van der Waals surface area contributed by atoms with E-state index in [1.807, 2.05) is 13.8 Å². The smallest absolute Gasteiger partial charge is 0.326 e. The Labute approximate surface area is 120 Å². The number of ether oxygens (including phenoxy) is 1. The van der Waals surface area contributed by atoms with Crippen LogP contribution in [0.25, 0.3) is 0 Å². The molecule has 1 aliphatic rings. The van der Waals surface area contributed by atoms with Gasteiger partial charge in [-0.1, -0.05) is 18.3 Å². The van der Waals surface area contributed by atoms with Crippen LogP contribution in [0.5, 0.6) is 0 Å². The Morgan fingerprint density at radius 1 is 1.50 bits per heavy atom. The summed E-state index contributed by atoms with van der Waals surface area (Å²) in [5, 5.41) is 13.2. The summed E-state index contributed by atoms with van der Waals surface area (Å²) in [4.78, 5) is 25.6. The first-order valence-corrected chi connectivity index (χ1v) is 7.11. The van der Waals surface area contributed by atoms with Gasteiger partial charge in [0.1, 0.15) is 10.9 Å². The standard InChI is InChI=1S/C12H17N3O4S/c1-6(2)9-10(20-14-13-9)11(16)15-5-7(19-3)4-8(15)12(17)18/h6-8H,4-5H2,1-3H3,(H,17,18). The minimum Gasteiger partial charge on any atom is -0.480 e. The van der Waals surface area contributed by atoms with E-state index in [-0.39, 0.29) is 24.5 Å². The molecular weight excluding hydrogens is 282 g/mol. The summed E-state index contributed by atoms with van der Waals surface area (Å²) in [6, 6.07) is -0.852. The van der Waals surface area contributed by atoms with Gasteiger partial charge >= 0.3 is 5.97 Å². The molecule has 0 spiro atoms. The van der Waals surface area contributed by atoms with Gasteiger partial charge in [-0.2, -0.15) is 0 Å². The maximum atomic E-state index is 12.5. The van der Waals surface area contributed by atoms with Gasteiger partial charge in [0.25, 0.3) is 5.91 Å². The normalized spacial score (nSPS) is 22.5. The largest absolute Gasteiger partial charge is 0.480 e. The second-order valence-corrected chi connectivity index (χ2v) is 5.80. The number of carbonyl (C=O) groups excluding carboxylic acids is 1. The van der Waals surface area contributed by atoms with Crippen LogP contribution in [0, 0.1) is 0 Å². The molecular formula is C12H17N3O4S. The maximum absolute atomic E-state index is 12.5. The van der Waals surface area contributed by atoms with Crippen molar-refractivity contribution in [3.8, 4) is 0 Å². The Kier molecular flexibility index (Phi) is 4.34. The second kappa shape index (κ2) is 5.84. The van der Waals surface area contributed by atoms with Gasteiger partial charge in [0, 0.05) is 20.1 Å². The number of carbonyl (C=O) groups is 2. The number of hydrogen-bond donors (Lipinski definition) is 1. The van der Waals surface area contributed by atoms with Crippen molar-refractivity contribution in [1.82, 2.24) is 14.5 Å². The highest BCUT2D eigenvalue weighted by atomic mass is 32.1. The summed E-state index contributed by atoms with van der Waals surface area (Å²) in [5.41, 5.74) is 0.616. The molecule has 1 saturated heterocycles. The third-order valence-electron chi connectivity index (χ3n) is 3.40. The van der Waals surface area contributed by atoms with Crippen LogP contribution in [0.4, 0.5) is 0 Å². The van der Waals surface area contributed by atoms with E-state index in [9.17, 15) is 14.7 Å². The number of methoxy groups -OCH3 is 1. The number of amides is 1. The number of carboxylic acid groups (broad SMARTS) is 1. The predicted octanol–water partition coefficient (Wildman–Crippen LogP) is 0.976. The van der Waals surface area contributed by atoms with E-state index in [1.165, 1.54) is 12.0 Å². The van der Waals surface area contributed by atoms with E-state index < -0.39 is 12.0 Å². The van der Waals surface area contributed by atoms with Crippen molar-refractivity contribution in [2.45, 2.75) is 38.3 Å². The summed E-state index contributed by atoms with van der Waals surface area (Å²) < 4.78 is 8.99. The molecule has 8 heteroatoms. The third-order valence-corrected chi connectivity index (χ3v) is 4.13. The zero-order valence-corrected chi connectivity index (χ0v) is 12.4. The number of likely N-dealkylation sites (tertiary alicyclic amines) is 1. The number of nitrogens with zero attached hydrogens (tertiary/aromatic N) is 3. The zero-order valence-electron chi connectivity index (χ0n) is 11.6. The molecule has 110 valence electrons. The summed E-state index contributed by atoms with van der Waals surface area (Å²) in [6.07, 6.45) is 0.0595. The highest BCUT2D eigenvalue weighted by Gasteiger charge is 2.41. The Morgan fingerprint density at radius 2 is 2.20 bits per heavy atom. The maximum Gasteiger partial charge on any atom is 0.326 e. The van der Waals surface area contributed by atoms with Crippen molar-refractivity contribution in [2.24, 2.45) is 0 Å². The lowest BCUT2D eigenvalue weighted by Gasteiger charge is -2.20. The van der Waals surface area contributed by atoms with Gasteiger partial charge in [-0.05, 0) is 17.5 Å². The molecule has 2 rings (SSSR count). The van der Waals surface area contributed by atoms with E-state index in [0.717, 1.165) is 11.5 Å². The van der Waals surface area contributed by atoms with Crippen molar-refractivity contribution < 1.29 is 19.4 Å². The average molecular weight is 299 g/mol. The summed E-state index contributed by atoms with van der Waals surface area (Å²) in [5.74, 6) is -1.27. The molecule has 20 heavy (non-hydrogen) atoms. The molecule has 2 heterocycles. The van der Waals surface area contributed by atoms with E-state index >= 15 is 0 Å². The highest BCUT2D eigenvalue weighted by Crippen LogP contribution is 2.27. The van der Waals surface area contributed by atoms with Gasteiger partial charge in [-0.25, -0.2) is 4.79 Å². The molecule has 0 radical (unpaired) electrons. The molecule has 1 N–H and O–H groups in total. The first-order valence-electron chi connectivity index (χ1n) is 6.34. The first-order chi connectivity index (χ1) is 9.45. The van der Waals surface area contributed by atoms with E-state index in [1.54, 1.807) is 0 Å². The molecule has 1 aromatic heterocycles. The van der Waals surface area contributed by atoms with Crippen LogP contribution >= 0.6 is 11.5 Å². The highest BCUT2D eigenvalue weighted by molar-refractivity contribution is 7.08. The number of hydrogen-bond acceptors (Lipinski definition) is 6. The van der Waals surface area contributed by atoms with Crippen LogP contribution in [0.1, 0.15) is 41.6 Å². The monoisotopic (exact) mass is 299 g/mol. The zero-order chi connectivity index (χ0) is 14.9. The SMILES string of the molecule is COC1CC(C(=O)O)N(C(=O)c2snnc2C(C)C)C1. The van der Waals surface area contributed by atoms with Crippen LogP contribution < -0.4 is 0 Å². The molecule has 1 amide bonds. The Hall–Kier alpha value is -1.54. The van der Waals surface area contributed by atoms with Gasteiger partial charge in [-0.3, -0.25) is 4.79 Å². The van der Waals surface area contributed by atoms with Crippen molar-refractivity contribution in [3.63, 3.8) is 0 Å². The van der Waals surface area contributed by atoms with Crippen molar-refractivity contribution in [2.75, 3.05) is 13.7 Å². The van der Waals surface area contributed by atoms with Gasteiger partial charge in [-0.15, -0.1) is 5.10 Å². The predicted molar refractivity (Wildman–Crippen MR) is 71.9 cm³/mol. The third kappa shape index (κ3) is 2.66. The van der Waals surface area contributed by atoms with Crippen molar-refractivity contribution in [3.05, 3.63) is 10.6 Å². The minimum absolute atomic E-state index is 0.0665. The fourth-order valence-electron chi connectivity index (χ4n) is 2.28. The van der Waals surface area contributed by atoms with Gasteiger partial charge in [0.15, 0.2) is 0 Å². The van der Waals surface area contributed by atoms with E-state index in [2.05, 4.69) is 9.59 Å². The molecule has 2 unspecified atom stereocenters. The van der Waals surface area contributed by atoms with Crippen molar-refractivity contribution >= 4 is 23.4 Å². The Balaban J connectivity index is 2.27. The lowest BCUT2D eigenvalue weighted by Crippen LogP contribution is -2.40. The summed E-state index contributed by atoms with van der Waals surface area (Å²) >= 11 is 1.01. The van der Waals surface area contributed by atoms with Gasteiger partial charge in [0.2, 0.25) is 0 Å². The topological polar surface area (TPSA) is 92.6 Å². The van der Waals surface area contributed by atoms with E-state index in [4.69, 9.17) is 4.74 Å².